The van der Waals surface area contributed by atoms with Crippen molar-refractivity contribution in [1.82, 2.24) is 0 Å². The molecule has 2 N–H and O–H groups in total. The van der Waals surface area contributed by atoms with E-state index in [4.69, 9.17) is 5.73 Å². The Labute approximate surface area is 74.6 Å². The molecule has 12 heavy (non-hydrogen) atoms. The van der Waals surface area contributed by atoms with Gasteiger partial charge in [-0.1, -0.05) is 23.8 Å². The number of benzene rings is 1. The highest BCUT2D eigenvalue weighted by atomic mass is 14.6. The molecule has 0 saturated heterocycles. The fourth-order valence-electron chi connectivity index (χ4n) is 1.42. The van der Waals surface area contributed by atoms with Crippen molar-refractivity contribution >= 4 is 0 Å². The second kappa shape index (κ2) is 3.72. The molecular weight excluding hydrogens is 146 g/mol. The van der Waals surface area contributed by atoms with E-state index >= 15 is 0 Å². The lowest BCUT2D eigenvalue weighted by Gasteiger charge is -2.08. The summed E-state index contributed by atoms with van der Waals surface area (Å²) in [6.07, 6.45) is 0.978. The summed E-state index contributed by atoms with van der Waals surface area (Å²) in [5.74, 6) is 0. The van der Waals surface area contributed by atoms with Crippen LogP contribution in [0.2, 0.25) is 0 Å². The Balaban J connectivity index is 2.86. The molecular formula is C11H17N. The zero-order valence-corrected chi connectivity index (χ0v) is 8.09. The molecule has 0 amide bonds. The van der Waals surface area contributed by atoms with Gasteiger partial charge in [0.05, 0.1) is 0 Å². The molecule has 1 aromatic rings. The largest absolute Gasteiger partial charge is 0.328 e. The summed E-state index contributed by atoms with van der Waals surface area (Å²) in [6, 6.07) is 6.78. The number of rotatable bonds is 2. The summed E-state index contributed by atoms with van der Waals surface area (Å²) in [5, 5.41) is 0. The van der Waals surface area contributed by atoms with Gasteiger partial charge >= 0.3 is 0 Å². The molecule has 0 heterocycles. The van der Waals surface area contributed by atoms with Crippen molar-refractivity contribution in [3.63, 3.8) is 0 Å². The Morgan fingerprint density at radius 2 is 2.00 bits per heavy atom. The summed E-state index contributed by atoms with van der Waals surface area (Å²) in [5.41, 5.74) is 9.78. The van der Waals surface area contributed by atoms with E-state index in [9.17, 15) is 0 Å². The highest BCUT2D eigenvalue weighted by molar-refractivity contribution is 5.30. The maximum Gasteiger partial charge on any atom is 0.00510 e. The van der Waals surface area contributed by atoms with Gasteiger partial charge in [-0.25, -0.2) is 0 Å². The highest BCUT2D eigenvalue weighted by Gasteiger charge is 2.00. The maximum absolute atomic E-state index is 5.73. The van der Waals surface area contributed by atoms with Gasteiger partial charge in [-0.2, -0.15) is 0 Å². The maximum atomic E-state index is 5.73. The predicted octanol–water partition coefficient (Wildman–Crippen LogP) is 2.19. The van der Waals surface area contributed by atoms with E-state index in [2.05, 4.69) is 32.0 Å². The standard InChI is InChI=1S/C11H17N/c1-8-4-5-11(7-10(3)12)9(2)6-8/h4-6,10H,7,12H2,1-3H3/t10-/m1/s1. The van der Waals surface area contributed by atoms with Crippen molar-refractivity contribution in [2.45, 2.75) is 33.2 Å². The molecule has 0 bridgehead atoms. The minimum absolute atomic E-state index is 0.256. The van der Waals surface area contributed by atoms with Crippen LogP contribution in [0.4, 0.5) is 0 Å². The van der Waals surface area contributed by atoms with Crippen molar-refractivity contribution in [1.29, 1.82) is 0 Å². The smallest absolute Gasteiger partial charge is 0.00510 e. The molecule has 0 aliphatic heterocycles. The third-order valence-electron chi connectivity index (χ3n) is 2.04. The molecule has 1 nitrogen and oxygen atoms in total. The van der Waals surface area contributed by atoms with E-state index in [1.807, 2.05) is 6.92 Å². The van der Waals surface area contributed by atoms with Crippen LogP contribution in [-0.4, -0.2) is 6.04 Å². The van der Waals surface area contributed by atoms with Crippen LogP contribution in [0.25, 0.3) is 0 Å². The zero-order chi connectivity index (χ0) is 9.14. The summed E-state index contributed by atoms with van der Waals surface area (Å²) in [6.45, 7) is 6.30. The molecule has 1 heteroatoms. The van der Waals surface area contributed by atoms with Crippen LogP contribution in [0.15, 0.2) is 18.2 Å². The highest BCUT2D eigenvalue weighted by Crippen LogP contribution is 2.11. The monoisotopic (exact) mass is 163 g/mol. The average Bonchev–Trinajstić information content (AvgIpc) is 1.94. The first kappa shape index (κ1) is 9.27. The predicted molar refractivity (Wildman–Crippen MR) is 53.3 cm³/mol. The third-order valence-corrected chi connectivity index (χ3v) is 2.04. The van der Waals surface area contributed by atoms with Gasteiger partial charge in [0.25, 0.3) is 0 Å². The average molecular weight is 163 g/mol. The summed E-state index contributed by atoms with van der Waals surface area (Å²) in [7, 11) is 0. The first-order chi connectivity index (χ1) is 5.59. The lowest BCUT2D eigenvalue weighted by atomic mass is 10.0. The Kier molecular flexibility index (Phi) is 2.88. The lowest BCUT2D eigenvalue weighted by Crippen LogP contribution is -2.18. The van der Waals surface area contributed by atoms with Crippen LogP contribution in [0, 0.1) is 13.8 Å². The number of aryl methyl sites for hydroxylation is 2. The topological polar surface area (TPSA) is 26.0 Å². The summed E-state index contributed by atoms with van der Waals surface area (Å²) < 4.78 is 0. The SMILES string of the molecule is Cc1ccc(C[C@@H](C)N)c(C)c1. The van der Waals surface area contributed by atoms with Crippen LogP contribution in [-0.2, 0) is 6.42 Å². The van der Waals surface area contributed by atoms with Crippen LogP contribution in [0.1, 0.15) is 23.6 Å². The fourth-order valence-corrected chi connectivity index (χ4v) is 1.42. The van der Waals surface area contributed by atoms with Crippen molar-refractivity contribution in [3.05, 3.63) is 34.9 Å². The molecule has 0 saturated carbocycles. The van der Waals surface area contributed by atoms with Crippen molar-refractivity contribution < 1.29 is 0 Å². The molecule has 0 aliphatic carbocycles. The molecule has 66 valence electrons. The summed E-state index contributed by atoms with van der Waals surface area (Å²) in [4.78, 5) is 0. The second-order valence-electron chi connectivity index (χ2n) is 3.61. The third kappa shape index (κ3) is 2.35. The molecule has 0 unspecified atom stereocenters. The second-order valence-corrected chi connectivity index (χ2v) is 3.61. The molecule has 0 fully saturated rings. The molecule has 0 aliphatic rings. The van der Waals surface area contributed by atoms with Gasteiger partial charge in [-0.15, -0.1) is 0 Å². The first-order valence-electron chi connectivity index (χ1n) is 4.41. The first-order valence-corrected chi connectivity index (χ1v) is 4.41. The van der Waals surface area contributed by atoms with Crippen LogP contribution in [0.5, 0.6) is 0 Å². The minimum Gasteiger partial charge on any atom is -0.328 e. The van der Waals surface area contributed by atoms with Crippen LogP contribution in [0.3, 0.4) is 0 Å². The Morgan fingerprint density at radius 1 is 1.33 bits per heavy atom. The van der Waals surface area contributed by atoms with E-state index in [0.717, 1.165) is 6.42 Å². The van der Waals surface area contributed by atoms with Crippen LogP contribution < -0.4 is 5.73 Å². The normalized spacial score (nSPS) is 13.0. The molecule has 0 aromatic heterocycles. The summed E-state index contributed by atoms with van der Waals surface area (Å²) >= 11 is 0. The van der Waals surface area contributed by atoms with Crippen molar-refractivity contribution in [2.75, 3.05) is 0 Å². The van der Waals surface area contributed by atoms with Gasteiger partial charge < -0.3 is 5.73 Å². The van der Waals surface area contributed by atoms with Crippen LogP contribution >= 0.6 is 0 Å². The fraction of sp³-hybridized carbons (Fsp3) is 0.455. The van der Waals surface area contributed by atoms with E-state index in [1.165, 1.54) is 16.7 Å². The molecule has 1 atom stereocenters. The minimum atomic E-state index is 0.256. The lowest BCUT2D eigenvalue weighted by molar-refractivity contribution is 0.734. The van der Waals surface area contributed by atoms with Gasteiger partial charge in [0, 0.05) is 6.04 Å². The van der Waals surface area contributed by atoms with E-state index in [-0.39, 0.29) is 6.04 Å². The number of hydrogen-bond donors (Lipinski definition) is 1. The van der Waals surface area contributed by atoms with Gasteiger partial charge in [0.15, 0.2) is 0 Å². The van der Waals surface area contributed by atoms with Gasteiger partial charge in [0.2, 0.25) is 0 Å². The quantitative estimate of drug-likeness (QED) is 0.710. The van der Waals surface area contributed by atoms with Gasteiger partial charge in [-0.3, -0.25) is 0 Å². The zero-order valence-electron chi connectivity index (χ0n) is 8.09. The van der Waals surface area contributed by atoms with E-state index in [1.54, 1.807) is 0 Å². The molecule has 1 rings (SSSR count). The van der Waals surface area contributed by atoms with Crippen molar-refractivity contribution in [3.8, 4) is 0 Å². The van der Waals surface area contributed by atoms with Crippen molar-refractivity contribution in [2.24, 2.45) is 5.73 Å². The Hall–Kier alpha value is -0.820. The molecule has 0 spiro atoms. The van der Waals surface area contributed by atoms with Gasteiger partial charge in [0.1, 0.15) is 0 Å². The van der Waals surface area contributed by atoms with Gasteiger partial charge in [-0.05, 0) is 38.3 Å². The molecule has 1 aromatic carbocycles. The number of hydrogen-bond acceptors (Lipinski definition) is 1. The number of nitrogens with two attached hydrogens (primary N) is 1. The Bertz CT molecular complexity index is 264. The Morgan fingerprint density at radius 3 is 2.50 bits per heavy atom. The van der Waals surface area contributed by atoms with E-state index < -0.39 is 0 Å². The molecule has 0 radical (unpaired) electrons. The van der Waals surface area contributed by atoms with E-state index in [0.29, 0.717) is 0 Å².